The number of epoxide rings is 1. The third-order valence-corrected chi connectivity index (χ3v) is 3.65. The molecular formula is C15H30O2. The van der Waals surface area contributed by atoms with E-state index in [1.54, 1.807) is 0 Å². The third-order valence-electron chi connectivity index (χ3n) is 3.65. The highest BCUT2D eigenvalue weighted by molar-refractivity contribution is 4.74. The molecule has 1 aliphatic rings. The average molecular weight is 242 g/mol. The summed E-state index contributed by atoms with van der Waals surface area (Å²) in [5.74, 6) is 0. The van der Waals surface area contributed by atoms with Crippen molar-refractivity contribution < 1.29 is 9.84 Å². The Morgan fingerprint density at radius 2 is 1.18 bits per heavy atom. The average Bonchev–Trinajstić information content (AvgIpc) is 3.02. The topological polar surface area (TPSA) is 32.8 Å². The van der Waals surface area contributed by atoms with Crippen LogP contribution in [0.25, 0.3) is 0 Å². The largest absolute Gasteiger partial charge is 0.366 e. The second-order valence-corrected chi connectivity index (χ2v) is 5.39. The van der Waals surface area contributed by atoms with Gasteiger partial charge in [0.15, 0.2) is 6.29 Å². The zero-order chi connectivity index (χ0) is 12.3. The van der Waals surface area contributed by atoms with Crippen LogP contribution in [0.5, 0.6) is 0 Å². The molecule has 0 aliphatic carbocycles. The van der Waals surface area contributed by atoms with E-state index >= 15 is 0 Å². The van der Waals surface area contributed by atoms with Crippen molar-refractivity contribution in [3.05, 3.63) is 0 Å². The highest BCUT2D eigenvalue weighted by Gasteiger charge is 2.35. The van der Waals surface area contributed by atoms with Crippen molar-refractivity contribution in [2.75, 3.05) is 0 Å². The number of aliphatic hydroxyl groups excluding tert-OH is 1. The lowest BCUT2D eigenvalue weighted by atomic mass is 10.0. The summed E-state index contributed by atoms with van der Waals surface area (Å²) in [7, 11) is 0. The molecule has 2 nitrogen and oxygen atoms in total. The van der Waals surface area contributed by atoms with Crippen molar-refractivity contribution >= 4 is 0 Å². The molecule has 0 saturated carbocycles. The highest BCUT2D eigenvalue weighted by Crippen LogP contribution is 2.24. The van der Waals surface area contributed by atoms with Gasteiger partial charge in [0.05, 0.1) is 0 Å². The molecule has 0 radical (unpaired) electrons. The van der Waals surface area contributed by atoms with Gasteiger partial charge in [-0.3, -0.25) is 0 Å². The maximum absolute atomic E-state index is 8.97. The van der Waals surface area contributed by atoms with E-state index in [-0.39, 0.29) is 6.10 Å². The van der Waals surface area contributed by atoms with Gasteiger partial charge in [-0.05, 0) is 6.42 Å². The fourth-order valence-corrected chi connectivity index (χ4v) is 2.35. The second-order valence-electron chi connectivity index (χ2n) is 5.39. The fourth-order valence-electron chi connectivity index (χ4n) is 2.35. The van der Waals surface area contributed by atoms with Crippen LogP contribution < -0.4 is 0 Å². The Labute approximate surface area is 107 Å². The summed E-state index contributed by atoms with van der Waals surface area (Å²) in [4.78, 5) is 0. The van der Waals surface area contributed by atoms with Crippen LogP contribution in [0.1, 0.15) is 84.0 Å². The molecule has 1 aliphatic heterocycles. The first kappa shape index (κ1) is 15.0. The Bertz CT molecular complexity index is 170. The Hall–Kier alpha value is -0.0800. The summed E-state index contributed by atoms with van der Waals surface area (Å²) in [6.45, 7) is 2.27. The molecular weight excluding hydrogens is 212 g/mol. The van der Waals surface area contributed by atoms with Crippen molar-refractivity contribution in [2.45, 2.75) is 96.4 Å². The SMILES string of the molecule is CCCCCCCCCCCCCC1OC1O. The molecule has 1 saturated heterocycles. The number of ether oxygens (including phenoxy) is 1. The summed E-state index contributed by atoms with van der Waals surface area (Å²) < 4.78 is 4.96. The Morgan fingerprint density at radius 1 is 0.765 bits per heavy atom. The molecule has 1 N–H and O–H groups in total. The molecule has 1 heterocycles. The molecule has 1 rings (SSSR count). The van der Waals surface area contributed by atoms with Crippen LogP contribution in [-0.4, -0.2) is 17.5 Å². The van der Waals surface area contributed by atoms with Gasteiger partial charge >= 0.3 is 0 Å². The lowest BCUT2D eigenvalue weighted by Crippen LogP contribution is -1.91. The molecule has 102 valence electrons. The molecule has 2 unspecified atom stereocenters. The summed E-state index contributed by atoms with van der Waals surface area (Å²) in [5, 5.41) is 8.97. The predicted octanol–water partition coefficient (Wildman–Crippen LogP) is 4.40. The van der Waals surface area contributed by atoms with Crippen LogP contribution in [0.3, 0.4) is 0 Å². The minimum absolute atomic E-state index is 0.175. The first-order valence-electron chi connectivity index (χ1n) is 7.68. The van der Waals surface area contributed by atoms with E-state index in [1.807, 2.05) is 0 Å². The molecule has 0 aromatic rings. The minimum Gasteiger partial charge on any atom is -0.366 e. The van der Waals surface area contributed by atoms with Crippen LogP contribution in [-0.2, 0) is 4.74 Å². The Balaban J connectivity index is 1.64. The van der Waals surface area contributed by atoms with Crippen LogP contribution in [0.2, 0.25) is 0 Å². The normalized spacial score (nSPS) is 22.9. The maximum Gasteiger partial charge on any atom is 0.181 e. The Morgan fingerprint density at radius 3 is 1.59 bits per heavy atom. The summed E-state index contributed by atoms with van der Waals surface area (Å²) in [6.07, 6.45) is 16.0. The molecule has 0 aromatic carbocycles. The number of hydrogen-bond donors (Lipinski definition) is 1. The van der Waals surface area contributed by atoms with Gasteiger partial charge in [-0.2, -0.15) is 0 Å². The van der Waals surface area contributed by atoms with Gasteiger partial charge in [0.1, 0.15) is 6.10 Å². The monoisotopic (exact) mass is 242 g/mol. The van der Waals surface area contributed by atoms with Crippen molar-refractivity contribution in [3.8, 4) is 0 Å². The van der Waals surface area contributed by atoms with Crippen LogP contribution in [0, 0.1) is 0 Å². The molecule has 1 fully saturated rings. The van der Waals surface area contributed by atoms with Crippen molar-refractivity contribution in [3.63, 3.8) is 0 Å². The first-order valence-corrected chi connectivity index (χ1v) is 7.68. The van der Waals surface area contributed by atoms with Crippen LogP contribution in [0.15, 0.2) is 0 Å². The van der Waals surface area contributed by atoms with Gasteiger partial charge in [0.2, 0.25) is 0 Å². The highest BCUT2D eigenvalue weighted by atomic mass is 16.7. The van der Waals surface area contributed by atoms with Crippen LogP contribution >= 0.6 is 0 Å². The summed E-state index contributed by atoms with van der Waals surface area (Å²) in [5.41, 5.74) is 0. The van der Waals surface area contributed by atoms with E-state index in [0.717, 1.165) is 6.42 Å². The van der Waals surface area contributed by atoms with Crippen LogP contribution in [0.4, 0.5) is 0 Å². The van der Waals surface area contributed by atoms with Crippen molar-refractivity contribution in [1.82, 2.24) is 0 Å². The summed E-state index contributed by atoms with van der Waals surface area (Å²) >= 11 is 0. The standard InChI is InChI=1S/C15H30O2/c1-2-3-4-5-6-7-8-9-10-11-12-13-14-15(16)17-14/h14-16H,2-13H2,1H3. The molecule has 0 amide bonds. The molecule has 0 spiro atoms. The van der Waals surface area contributed by atoms with E-state index < -0.39 is 6.29 Å². The van der Waals surface area contributed by atoms with Gasteiger partial charge in [-0.1, -0.05) is 77.6 Å². The quantitative estimate of drug-likeness (QED) is 0.406. The smallest absolute Gasteiger partial charge is 0.181 e. The van der Waals surface area contributed by atoms with E-state index in [9.17, 15) is 0 Å². The second kappa shape index (κ2) is 9.90. The van der Waals surface area contributed by atoms with Gasteiger partial charge < -0.3 is 9.84 Å². The van der Waals surface area contributed by atoms with E-state index in [1.165, 1.54) is 70.6 Å². The van der Waals surface area contributed by atoms with Gasteiger partial charge in [-0.15, -0.1) is 0 Å². The minimum atomic E-state index is -0.432. The number of unbranched alkanes of at least 4 members (excludes halogenated alkanes) is 10. The summed E-state index contributed by atoms with van der Waals surface area (Å²) in [6, 6.07) is 0. The van der Waals surface area contributed by atoms with E-state index in [4.69, 9.17) is 9.84 Å². The van der Waals surface area contributed by atoms with E-state index in [0.29, 0.717) is 0 Å². The van der Waals surface area contributed by atoms with Crippen molar-refractivity contribution in [2.24, 2.45) is 0 Å². The molecule has 2 heteroatoms. The molecule has 17 heavy (non-hydrogen) atoms. The zero-order valence-corrected chi connectivity index (χ0v) is 11.5. The Kier molecular flexibility index (Phi) is 8.72. The molecule has 0 aromatic heterocycles. The number of hydrogen-bond acceptors (Lipinski definition) is 2. The van der Waals surface area contributed by atoms with Gasteiger partial charge in [0, 0.05) is 0 Å². The third kappa shape index (κ3) is 8.62. The number of rotatable bonds is 12. The predicted molar refractivity (Wildman–Crippen MR) is 72.0 cm³/mol. The molecule has 2 atom stereocenters. The van der Waals surface area contributed by atoms with Crippen molar-refractivity contribution in [1.29, 1.82) is 0 Å². The van der Waals surface area contributed by atoms with E-state index in [2.05, 4.69) is 6.92 Å². The number of aliphatic hydroxyl groups is 1. The molecule has 0 bridgehead atoms. The van der Waals surface area contributed by atoms with Gasteiger partial charge in [-0.25, -0.2) is 0 Å². The lowest BCUT2D eigenvalue weighted by Gasteiger charge is -2.01. The lowest BCUT2D eigenvalue weighted by molar-refractivity contribution is 0.156. The maximum atomic E-state index is 8.97. The first-order chi connectivity index (χ1) is 8.34. The fraction of sp³-hybridized carbons (Fsp3) is 1.00. The van der Waals surface area contributed by atoms with Gasteiger partial charge in [0.25, 0.3) is 0 Å². The zero-order valence-electron chi connectivity index (χ0n) is 11.5.